The van der Waals surface area contributed by atoms with Gasteiger partial charge in [-0.05, 0) is 24.3 Å². The summed E-state index contributed by atoms with van der Waals surface area (Å²) < 4.78 is 25.8. The summed E-state index contributed by atoms with van der Waals surface area (Å²) in [7, 11) is -3.60. The Bertz CT molecular complexity index is 810. The molecule has 0 saturated carbocycles. The van der Waals surface area contributed by atoms with Crippen molar-refractivity contribution in [1.29, 1.82) is 0 Å². The van der Waals surface area contributed by atoms with Gasteiger partial charge in [-0.1, -0.05) is 30.3 Å². The van der Waals surface area contributed by atoms with Crippen LogP contribution in [0.5, 0.6) is 0 Å². The molecule has 0 fully saturated rings. The minimum absolute atomic E-state index is 0.216. The Hall–Kier alpha value is -2.34. The molecule has 3 rings (SSSR count). The molecule has 0 aliphatic carbocycles. The van der Waals surface area contributed by atoms with Crippen molar-refractivity contribution in [3.8, 4) is 0 Å². The van der Waals surface area contributed by atoms with Crippen LogP contribution in [0.1, 0.15) is 0 Å². The molecular weight excluding hydrogens is 262 g/mol. The fraction of sp³-hybridized carbons (Fsp3) is 0. The third kappa shape index (κ3) is 2.17. The van der Waals surface area contributed by atoms with E-state index in [-0.39, 0.29) is 4.90 Å². The van der Waals surface area contributed by atoms with Gasteiger partial charge in [0, 0.05) is 0 Å². The molecule has 0 aliphatic rings. The first-order valence-corrected chi connectivity index (χ1v) is 7.15. The minimum atomic E-state index is -3.60. The highest BCUT2D eigenvalue weighted by molar-refractivity contribution is 7.92. The van der Waals surface area contributed by atoms with Crippen molar-refractivity contribution >= 4 is 21.1 Å². The molecule has 96 valence electrons. The zero-order valence-electron chi connectivity index (χ0n) is 9.89. The molecule has 1 heterocycles. The van der Waals surface area contributed by atoms with Gasteiger partial charge < -0.3 is 0 Å². The first-order valence-electron chi connectivity index (χ1n) is 5.67. The number of hydrogen-bond donors (Lipinski definition) is 1. The summed E-state index contributed by atoms with van der Waals surface area (Å²) in [5, 5.41) is 0. The van der Waals surface area contributed by atoms with Crippen LogP contribution in [0.25, 0.3) is 11.0 Å². The third-order valence-electron chi connectivity index (χ3n) is 2.73. The van der Waals surface area contributed by atoms with Crippen LogP contribution in [-0.4, -0.2) is 18.1 Å². The SMILES string of the molecule is O=S(=O)(Nn1cnc2ccccc21)c1ccccc1. The second-order valence-electron chi connectivity index (χ2n) is 4.01. The average molecular weight is 273 g/mol. The molecule has 0 aliphatic heterocycles. The largest absolute Gasteiger partial charge is 0.275 e. The van der Waals surface area contributed by atoms with Gasteiger partial charge in [-0.3, -0.25) is 0 Å². The summed E-state index contributed by atoms with van der Waals surface area (Å²) in [5.41, 5.74) is 1.44. The van der Waals surface area contributed by atoms with Crippen LogP contribution in [0.4, 0.5) is 0 Å². The maximum atomic E-state index is 12.2. The summed E-state index contributed by atoms with van der Waals surface area (Å²) in [5.74, 6) is 0. The van der Waals surface area contributed by atoms with E-state index < -0.39 is 10.0 Å². The van der Waals surface area contributed by atoms with Crippen LogP contribution in [-0.2, 0) is 10.0 Å². The predicted molar refractivity (Wildman–Crippen MR) is 72.7 cm³/mol. The van der Waals surface area contributed by atoms with Gasteiger partial charge in [0.05, 0.1) is 15.9 Å². The fourth-order valence-corrected chi connectivity index (χ4v) is 2.84. The molecule has 1 aromatic heterocycles. The molecular formula is C13H11N3O2S. The number of rotatable bonds is 3. The monoisotopic (exact) mass is 273 g/mol. The van der Waals surface area contributed by atoms with E-state index in [1.165, 1.54) is 11.0 Å². The van der Waals surface area contributed by atoms with Crippen molar-refractivity contribution in [3.63, 3.8) is 0 Å². The number of hydrogen-bond acceptors (Lipinski definition) is 3. The summed E-state index contributed by atoms with van der Waals surface area (Å²) in [6.07, 6.45) is 1.45. The quantitative estimate of drug-likeness (QED) is 0.793. The zero-order valence-corrected chi connectivity index (χ0v) is 10.7. The lowest BCUT2D eigenvalue weighted by Gasteiger charge is -2.09. The molecule has 0 radical (unpaired) electrons. The van der Waals surface area contributed by atoms with E-state index in [0.29, 0.717) is 5.52 Å². The normalized spacial score (nSPS) is 11.6. The Kier molecular flexibility index (Phi) is 2.72. The van der Waals surface area contributed by atoms with Gasteiger partial charge in [0.15, 0.2) is 0 Å². The van der Waals surface area contributed by atoms with E-state index >= 15 is 0 Å². The number of nitrogens with zero attached hydrogens (tertiary/aromatic N) is 2. The predicted octanol–water partition coefficient (Wildman–Crippen LogP) is 1.97. The van der Waals surface area contributed by atoms with Crippen molar-refractivity contribution in [2.45, 2.75) is 4.90 Å². The van der Waals surface area contributed by atoms with Crippen LogP contribution in [0.15, 0.2) is 65.8 Å². The molecule has 0 bridgehead atoms. The van der Waals surface area contributed by atoms with Gasteiger partial charge in [-0.2, -0.15) is 8.42 Å². The lowest BCUT2D eigenvalue weighted by Crippen LogP contribution is -2.22. The topological polar surface area (TPSA) is 64.0 Å². The first-order chi connectivity index (χ1) is 9.17. The maximum Gasteiger partial charge on any atom is 0.275 e. The number of nitrogens with one attached hydrogen (secondary N) is 1. The van der Waals surface area contributed by atoms with Gasteiger partial charge >= 0.3 is 0 Å². The molecule has 5 nitrogen and oxygen atoms in total. The van der Waals surface area contributed by atoms with Gasteiger partial charge in [0.1, 0.15) is 6.33 Å². The third-order valence-corrected chi connectivity index (χ3v) is 4.06. The van der Waals surface area contributed by atoms with Crippen molar-refractivity contribution in [1.82, 2.24) is 9.66 Å². The number of fused-ring (bicyclic) bond motifs is 1. The first kappa shape index (κ1) is 11.7. The molecule has 0 atom stereocenters. The van der Waals surface area contributed by atoms with Gasteiger partial charge in [-0.15, -0.1) is 0 Å². The summed E-state index contributed by atoms with van der Waals surface area (Å²) in [6.45, 7) is 0. The molecule has 0 spiro atoms. The van der Waals surface area contributed by atoms with Crippen molar-refractivity contribution in [2.24, 2.45) is 0 Å². The second-order valence-corrected chi connectivity index (χ2v) is 5.67. The zero-order chi connectivity index (χ0) is 13.3. The van der Waals surface area contributed by atoms with Gasteiger partial charge in [0.2, 0.25) is 0 Å². The molecule has 0 saturated heterocycles. The molecule has 3 aromatic rings. The van der Waals surface area contributed by atoms with Crippen molar-refractivity contribution in [3.05, 3.63) is 60.9 Å². The Morgan fingerprint density at radius 2 is 1.63 bits per heavy atom. The smallest absolute Gasteiger partial charge is 0.235 e. The minimum Gasteiger partial charge on any atom is -0.235 e. The lowest BCUT2D eigenvalue weighted by molar-refractivity contribution is 0.596. The average Bonchev–Trinajstić information content (AvgIpc) is 2.83. The standard InChI is InChI=1S/C13H11N3O2S/c17-19(18,11-6-2-1-3-7-11)15-16-10-14-12-8-4-5-9-13(12)16/h1-10,15H. The second kappa shape index (κ2) is 4.40. The van der Waals surface area contributed by atoms with Crippen LogP contribution >= 0.6 is 0 Å². The fourth-order valence-electron chi connectivity index (χ4n) is 1.81. The maximum absolute atomic E-state index is 12.2. The lowest BCUT2D eigenvalue weighted by atomic mass is 10.3. The van der Waals surface area contributed by atoms with E-state index in [4.69, 9.17) is 0 Å². The van der Waals surface area contributed by atoms with E-state index in [1.807, 2.05) is 18.2 Å². The number of sulfonamides is 1. The van der Waals surface area contributed by atoms with E-state index in [2.05, 4.69) is 9.82 Å². The molecule has 19 heavy (non-hydrogen) atoms. The van der Waals surface area contributed by atoms with Crippen LogP contribution in [0, 0.1) is 0 Å². The van der Waals surface area contributed by atoms with Crippen molar-refractivity contribution < 1.29 is 8.42 Å². The number of aromatic nitrogens is 2. The van der Waals surface area contributed by atoms with Crippen molar-refractivity contribution in [2.75, 3.05) is 4.83 Å². The molecule has 1 N–H and O–H groups in total. The summed E-state index contributed by atoms with van der Waals surface area (Å²) >= 11 is 0. The number of para-hydroxylation sites is 2. The highest BCUT2D eigenvalue weighted by atomic mass is 32.2. The number of imidazole rings is 1. The van der Waals surface area contributed by atoms with Gasteiger partial charge in [0.25, 0.3) is 10.0 Å². The Labute approximate surface area is 110 Å². The summed E-state index contributed by atoms with van der Waals surface area (Å²) in [4.78, 5) is 6.83. The Morgan fingerprint density at radius 1 is 0.947 bits per heavy atom. The molecule has 6 heteroatoms. The molecule has 2 aromatic carbocycles. The Balaban J connectivity index is 2.02. The highest BCUT2D eigenvalue weighted by Gasteiger charge is 2.14. The highest BCUT2D eigenvalue weighted by Crippen LogP contribution is 2.13. The van der Waals surface area contributed by atoms with Gasteiger partial charge in [-0.25, -0.2) is 14.5 Å². The van der Waals surface area contributed by atoms with E-state index in [1.54, 1.807) is 36.4 Å². The molecule has 0 amide bonds. The van der Waals surface area contributed by atoms with Crippen LogP contribution in [0.3, 0.4) is 0 Å². The van der Waals surface area contributed by atoms with E-state index in [0.717, 1.165) is 5.52 Å². The van der Waals surface area contributed by atoms with E-state index in [9.17, 15) is 8.42 Å². The molecule has 0 unspecified atom stereocenters. The Morgan fingerprint density at radius 3 is 2.42 bits per heavy atom. The van der Waals surface area contributed by atoms with Crippen LogP contribution in [0.2, 0.25) is 0 Å². The number of benzene rings is 2. The van der Waals surface area contributed by atoms with Crippen LogP contribution < -0.4 is 4.83 Å². The summed E-state index contributed by atoms with van der Waals surface area (Å²) in [6, 6.07) is 15.5.